The first-order valence-electron chi connectivity index (χ1n) is 6.61. The Balaban J connectivity index is 1.74. The van der Waals surface area contributed by atoms with Crippen LogP contribution in [0.1, 0.15) is 51.0 Å². The second-order valence-electron chi connectivity index (χ2n) is 5.38. The quantitative estimate of drug-likeness (QED) is 0.728. The molecule has 0 amide bonds. The summed E-state index contributed by atoms with van der Waals surface area (Å²) in [7, 11) is 0. The molecule has 1 saturated heterocycles. The SMILES string of the molecule is Ic1cnn(C2CCOC3(CCCCC3)C2)c1. The summed E-state index contributed by atoms with van der Waals surface area (Å²) in [4.78, 5) is 0. The van der Waals surface area contributed by atoms with Gasteiger partial charge in [0.2, 0.25) is 0 Å². The third-order valence-electron chi connectivity index (χ3n) is 4.18. The maximum Gasteiger partial charge on any atom is 0.0703 e. The molecule has 1 spiro atoms. The topological polar surface area (TPSA) is 27.1 Å². The average molecular weight is 346 g/mol. The molecule has 94 valence electrons. The normalized spacial score (nSPS) is 28.4. The van der Waals surface area contributed by atoms with Crippen LogP contribution < -0.4 is 0 Å². The fraction of sp³-hybridized carbons (Fsp3) is 0.769. The number of rotatable bonds is 1. The van der Waals surface area contributed by atoms with Crippen LogP contribution in [0.3, 0.4) is 0 Å². The second-order valence-corrected chi connectivity index (χ2v) is 6.62. The van der Waals surface area contributed by atoms with E-state index in [9.17, 15) is 0 Å². The molecule has 0 radical (unpaired) electrons. The van der Waals surface area contributed by atoms with Crippen molar-refractivity contribution in [3.63, 3.8) is 0 Å². The lowest BCUT2D eigenvalue weighted by Crippen LogP contribution is -2.42. The van der Waals surface area contributed by atoms with Crippen LogP contribution in [-0.4, -0.2) is 22.0 Å². The van der Waals surface area contributed by atoms with Gasteiger partial charge in [-0.2, -0.15) is 5.10 Å². The highest BCUT2D eigenvalue weighted by molar-refractivity contribution is 14.1. The Morgan fingerprint density at radius 1 is 1.35 bits per heavy atom. The van der Waals surface area contributed by atoms with Crippen molar-refractivity contribution < 1.29 is 4.74 Å². The molecular weight excluding hydrogens is 327 g/mol. The van der Waals surface area contributed by atoms with Gasteiger partial charge in [0, 0.05) is 12.8 Å². The van der Waals surface area contributed by atoms with Crippen molar-refractivity contribution in [1.29, 1.82) is 0 Å². The van der Waals surface area contributed by atoms with Gasteiger partial charge >= 0.3 is 0 Å². The molecule has 1 aliphatic heterocycles. The Hall–Kier alpha value is -0.100. The number of hydrogen-bond acceptors (Lipinski definition) is 2. The molecule has 2 heterocycles. The molecule has 1 atom stereocenters. The van der Waals surface area contributed by atoms with Gasteiger partial charge in [-0.15, -0.1) is 0 Å². The Morgan fingerprint density at radius 2 is 2.18 bits per heavy atom. The molecule has 0 N–H and O–H groups in total. The summed E-state index contributed by atoms with van der Waals surface area (Å²) in [6.45, 7) is 0.904. The summed E-state index contributed by atoms with van der Waals surface area (Å²) in [5.74, 6) is 0. The van der Waals surface area contributed by atoms with Crippen LogP contribution in [0.5, 0.6) is 0 Å². The number of hydrogen-bond donors (Lipinski definition) is 0. The first kappa shape index (κ1) is 12.0. The molecule has 4 heteroatoms. The first-order chi connectivity index (χ1) is 8.27. The standard InChI is InChI=1S/C13H19IN2O/c14-11-9-15-16(10-11)12-4-7-17-13(8-12)5-2-1-3-6-13/h9-10,12H,1-8H2. The Bertz CT molecular complexity index is 379. The van der Waals surface area contributed by atoms with Crippen LogP contribution in [0.15, 0.2) is 12.4 Å². The molecule has 1 aromatic heterocycles. The fourth-order valence-corrected chi connectivity index (χ4v) is 3.70. The Labute approximate surface area is 116 Å². The van der Waals surface area contributed by atoms with E-state index in [4.69, 9.17) is 4.74 Å². The van der Waals surface area contributed by atoms with Gasteiger partial charge in [0.25, 0.3) is 0 Å². The average Bonchev–Trinajstić information content (AvgIpc) is 2.77. The summed E-state index contributed by atoms with van der Waals surface area (Å²) in [6, 6.07) is 0.547. The fourth-order valence-electron chi connectivity index (χ4n) is 3.29. The maximum absolute atomic E-state index is 6.12. The molecule has 0 bridgehead atoms. The summed E-state index contributed by atoms with van der Waals surface area (Å²) < 4.78 is 9.50. The Morgan fingerprint density at radius 3 is 2.88 bits per heavy atom. The lowest BCUT2D eigenvalue weighted by molar-refractivity contribution is -0.115. The van der Waals surface area contributed by atoms with E-state index in [1.165, 1.54) is 35.7 Å². The van der Waals surface area contributed by atoms with E-state index in [-0.39, 0.29) is 5.60 Å². The van der Waals surface area contributed by atoms with Crippen molar-refractivity contribution in [2.75, 3.05) is 6.61 Å². The van der Waals surface area contributed by atoms with Crippen molar-refractivity contribution in [3.05, 3.63) is 16.0 Å². The van der Waals surface area contributed by atoms with Crippen molar-refractivity contribution in [1.82, 2.24) is 9.78 Å². The van der Waals surface area contributed by atoms with Crippen LogP contribution in [0.25, 0.3) is 0 Å². The number of ether oxygens (including phenoxy) is 1. The first-order valence-corrected chi connectivity index (χ1v) is 7.69. The van der Waals surface area contributed by atoms with E-state index in [2.05, 4.69) is 38.6 Å². The van der Waals surface area contributed by atoms with E-state index in [0.717, 1.165) is 19.4 Å². The van der Waals surface area contributed by atoms with Gasteiger partial charge < -0.3 is 4.74 Å². The zero-order chi connectivity index (χ0) is 11.7. The van der Waals surface area contributed by atoms with Crippen molar-refractivity contribution >= 4 is 22.6 Å². The van der Waals surface area contributed by atoms with Crippen LogP contribution in [0.4, 0.5) is 0 Å². The smallest absolute Gasteiger partial charge is 0.0703 e. The highest BCUT2D eigenvalue weighted by atomic mass is 127. The number of nitrogens with zero attached hydrogens (tertiary/aromatic N) is 2. The lowest BCUT2D eigenvalue weighted by Gasteiger charge is -2.43. The van der Waals surface area contributed by atoms with Crippen molar-refractivity contribution in [2.45, 2.75) is 56.6 Å². The van der Waals surface area contributed by atoms with Crippen molar-refractivity contribution in [3.8, 4) is 0 Å². The number of aromatic nitrogens is 2. The van der Waals surface area contributed by atoms with Gasteiger partial charge in [0.15, 0.2) is 0 Å². The Kier molecular flexibility index (Phi) is 3.43. The molecule has 0 aromatic carbocycles. The molecule has 3 rings (SSSR count). The summed E-state index contributed by atoms with van der Waals surface area (Å²) >= 11 is 2.33. The third-order valence-corrected chi connectivity index (χ3v) is 4.73. The van der Waals surface area contributed by atoms with Crippen LogP contribution >= 0.6 is 22.6 Å². The van der Waals surface area contributed by atoms with E-state index in [0.29, 0.717) is 6.04 Å². The minimum atomic E-state index is 0.179. The largest absolute Gasteiger partial charge is 0.375 e. The van der Waals surface area contributed by atoms with Crippen molar-refractivity contribution in [2.24, 2.45) is 0 Å². The maximum atomic E-state index is 6.12. The lowest BCUT2D eigenvalue weighted by atomic mass is 9.78. The molecule has 1 saturated carbocycles. The predicted molar refractivity (Wildman–Crippen MR) is 75.0 cm³/mol. The van der Waals surface area contributed by atoms with E-state index < -0.39 is 0 Å². The molecular formula is C13H19IN2O. The predicted octanol–water partition coefficient (Wildman–Crippen LogP) is 3.54. The molecule has 1 aromatic rings. The third kappa shape index (κ3) is 2.52. The highest BCUT2D eigenvalue weighted by Gasteiger charge is 2.39. The number of halogens is 1. The van der Waals surface area contributed by atoms with Gasteiger partial charge in [-0.05, 0) is 48.3 Å². The minimum absolute atomic E-state index is 0.179. The van der Waals surface area contributed by atoms with Crippen LogP contribution in [0.2, 0.25) is 0 Å². The summed E-state index contributed by atoms with van der Waals surface area (Å²) in [5.41, 5.74) is 0.179. The summed E-state index contributed by atoms with van der Waals surface area (Å²) in [6.07, 6.45) is 12.9. The second kappa shape index (κ2) is 4.88. The van der Waals surface area contributed by atoms with E-state index in [1.54, 1.807) is 0 Å². The van der Waals surface area contributed by atoms with Gasteiger partial charge in [-0.1, -0.05) is 19.3 Å². The molecule has 3 nitrogen and oxygen atoms in total. The summed E-state index contributed by atoms with van der Waals surface area (Å²) in [5, 5.41) is 4.47. The highest BCUT2D eigenvalue weighted by Crippen LogP contribution is 2.42. The van der Waals surface area contributed by atoms with Gasteiger partial charge in [0.05, 0.1) is 21.4 Å². The molecule has 17 heavy (non-hydrogen) atoms. The molecule has 2 fully saturated rings. The molecule has 2 aliphatic rings. The molecule has 1 aliphatic carbocycles. The van der Waals surface area contributed by atoms with Gasteiger partial charge in [-0.25, -0.2) is 0 Å². The van der Waals surface area contributed by atoms with Gasteiger partial charge in [0.1, 0.15) is 0 Å². The van der Waals surface area contributed by atoms with E-state index >= 15 is 0 Å². The zero-order valence-electron chi connectivity index (χ0n) is 10.1. The molecule has 1 unspecified atom stereocenters. The minimum Gasteiger partial charge on any atom is -0.375 e. The van der Waals surface area contributed by atoms with E-state index in [1.807, 2.05) is 6.20 Å². The van der Waals surface area contributed by atoms with Crippen LogP contribution in [0, 0.1) is 3.57 Å². The monoisotopic (exact) mass is 346 g/mol. The van der Waals surface area contributed by atoms with Crippen LogP contribution in [-0.2, 0) is 4.74 Å². The zero-order valence-corrected chi connectivity index (χ0v) is 12.2. The van der Waals surface area contributed by atoms with Gasteiger partial charge in [-0.3, -0.25) is 4.68 Å².